The molecule has 0 unspecified atom stereocenters. The lowest BCUT2D eigenvalue weighted by Gasteiger charge is -2.09. The minimum absolute atomic E-state index is 0.0837. The topological polar surface area (TPSA) is 92.3 Å². The maximum atomic E-state index is 12.0. The number of nitrogens with zero attached hydrogens (tertiary/aromatic N) is 1. The Hall–Kier alpha value is -2.61. The normalized spacial score (nSPS) is 10.3. The quantitative estimate of drug-likeness (QED) is 0.748. The van der Waals surface area contributed by atoms with Crippen LogP contribution in [0.1, 0.15) is 19.5 Å². The third kappa shape index (κ3) is 5.24. The molecule has 0 saturated heterocycles. The highest BCUT2D eigenvalue weighted by atomic mass is 32.1. The molecule has 2 rings (SSSR count). The number of aromatic nitrogens is 1. The van der Waals surface area contributed by atoms with Crippen LogP contribution in [-0.4, -0.2) is 30.1 Å². The minimum Gasteiger partial charge on any atom is -0.495 e. The van der Waals surface area contributed by atoms with Crippen molar-refractivity contribution in [3.63, 3.8) is 0 Å². The number of carbonyl (C=O) groups is 2. The summed E-state index contributed by atoms with van der Waals surface area (Å²) in [5, 5.41) is 10.3. The number of carbonyl (C=O) groups excluding carboxylic acids is 2. The van der Waals surface area contributed by atoms with Gasteiger partial charge in [-0.2, -0.15) is 0 Å². The number of nitrogens with one attached hydrogen (secondary N) is 3. The van der Waals surface area contributed by atoms with E-state index in [1.165, 1.54) is 18.4 Å². The van der Waals surface area contributed by atoms with Gasteiger partial charge in [-0.05, 0) is 26.0 Å². The van der Waals surface area contributed by atoms with Gasteiger partial charge in [0.15, 0.2) is 5.13 Å². The fourth-order valence-electron chi connectivity index (χ4n) is 1.98. The van der Waals surface area contributed by atoms with Gasteiger partial charge in [0.25, 0.3) is 0 Å². The molecule has 0 aliphatic rings. The van der Waals surface area contributed by atoms with Gasteiger partial charge in [0.1, 0.15) is 5.75 Å². The van der Waals surface area contributed by atoms with Crippen LogP contribution >= 0.6 is 11.3 Å². The maximum absolute atomic E-state index is 12.0. The average Bonchev–Trinajstić information content (AvgIpc) is 2.93. The molecule has 7 nitrogen and oxygen atoms in total. The van der Waals surface area contributed by atoms with Crippen LogP contribution in [0.15, 0.2) is 29.6 Å². The Morgan fingerprint density at radius 1 is 1.25 bits per heavy atom. The summed E-state index contributed by atoms with van der Waals surface area (Å²) in [5.74, 6) is 0.471. The third-order valence-electron chi connectivity index (χ3n) is 2.92. The standard InChI is InChI=1S/C16H20N4O3S/c1-10(2)17-14(21)8-11-9-24-16(18-11)20-15(22)19-12-6-4-5-7-13(12)23-3/h4-7,9-10H,8H2,1-3H3,(H,17,21)(H2,18,19,20,22). The first-order valence-corrected chi connectivity index (χ1v) is 8.30. The zero-order chi connectivity index (χ0) is 17.5. The highest BCUT2D eigenvalue weighted by Gasteiger charge is 2.11. The summed E-state index contributed by atoms with van der Waals surface area (Å²) < 4.78 is 5.18. The van der Waals surface area contributed by atoms with Crippen molar-refractivity contribution in [2.24, 2.45) is 0 Å². The predicted molar refractivity (Wildman–Crippen MR) is 94.7 cm³/mol. The van der Waals surface area contributed by atoms with Crippen LogP contribution in [0.4, 0.5) is 15.6 Å². The second-order valence-electron chi connectivity index (χ2n) is 5.32. The average molecular weight is 348 g/mol. The molecule has 3 amide bonds. The number of benzene rings is 1. The number of hydrogen-bond donors (Lipinski definition) is 3. The maximum Gasteiger partial charge on any atom is 0.325 e. The molecule has 0 aliphatic carbocycles. The van der Waals surface area contributed by atoms with Crippen molar-refractivity contribution in [3.8, 4) is 5.75 Å². The van der Waals surface area contributed by atoms with E-state index in [9.17, 15) is 9.59 Å². The fourth-order valence-corrected chi connectivity index (χ4v) is 2.69. The van der Waals surface area contributed by atoms with Gasteiger partial charge in [0.05, 0.1) is 24.9 Å². The second-order valence-corrected chi connectivity index (χ2v) is 6.18. The SMILES string of the molecule is COc1ccccc1NC(=O)Nc1nc(CC(=O)NC(C)C)cs1. The summed E-state index contributed by atoms with van der Waals surface area (Å²) in [6, 6.07) is 6.77. The van der Waals surface area contributed by atoms with Crippen LogP contribution in [-0.2, 0) is 11.2 Å². The van der Waals surface area contributed by atoms with E-state index in [2.05, 4.69) is 20.9 Å². The lowest BCUT2D eigenvalue weighted by molar-refractivity contribution is -0.120. The van der Waals surface area contributed by atoms with Crippen LogP contribution < -0.4 is 20.7 Å². The zero-order valence-electron chi connectivity index (χ0n) is 13.8. The summed E-state index contributed by atoms with van der Waals surface area (Å²) >= 11 is 1.26. The van der Waals surface area contributed by atoms with E-state index in [-0.39, 0.29) is 18.4 Å². The minimum atomic E-state index is -0.424. The van der Waals surface area contributed by atoms with Gasteiger partial charge in [-0.1, -0.05) is 12.1 Å². The summed E-state index contributed by atoms with van der Waals surface area (Å²) in [6.45, 7) is 3.79. The number of thiazole rings is 1. The van der Waals surface area contributed by atoms with Gasteiger partial charge < -0.3 is 15.4 Å². The smallest absolute Gasteiger partial charge is 0.325 e. The highest BCUT2D eigenvalue weighted by Crippen LogP contribution is 2.23. The summed E-state index contributed by atoms with van der Waals surface area (Å²) in [5.41, 5.74) is 1.18. The van der Waals surface area contributed by atoms with Crippen molar-refractivity contribution in [2.45, 2.75) is 26.3 Å². The van der Waals surface area contributed by atoms with Gasteiger partial charge in [-0.25, -0.2) is 9.78 Å². The molecule has 1 aromatic heterocycles. The summed E-state index contributed by atoms with van der Waals surface area (Å²) in [6.07, 6.45) is 0.185. The van der Waals surface area contributed by atoms with E-state index in [0.29, 0.717) is 22.3 Å². The number of methoxy groups -OCH3 is 1. The Morgan fingerprint density at radius 2 is 2.00 bits per heavy atom. The number of anilines is 2. The third-order valence-corrected chi connectivity index (χ3v) is 3.73. The Bertz CT molecular complexity index is 715. The predicted octanol–water partition coefficient (Wildman–Crippen LogP) is 2.86. The number of ether oxygens (including phenoxy) is 1. The monoisotopic (exact) mass is 348 g/mol. The van der Waals surface area contributed by atoms with Gasteiger partial charge >= 0.3 is 6.03 Å². The lowest BCUT2D eigenvalue weighted by Crippen LogP contribution is -2.31. The molecule has 0 aliphatic heterocycles. The first kappa shape index (κ1) is 17.7. The molecule has 0 saturated carbocycles. The van der Waals surface area contributed by atoms with Crippen LogP contribution in [0.3, 0.4) is 0 Å². The molecule has 3 N–H and O–H groups in total. The van der Waals surface area contributed by atoms with Gasteiger partial charge in [-0.3, -0.25) is 10.1 Å². The van der Waals surface area contributed by atoms with Gasteiger partial charge in [0, 0.05) is 11.4 Å². The van der Waals surface area contributed by atoms with Gasteiger partial charge in [-0.15, -0.1) is 11.3 Å². The largest absolute Gasteiger partial charge is 0.495 e. The van der Waals surface area contributed by atoms with Crippen LogP contribution in [0.25, 0.3) is 0 Å². The number of para-hydroxylation sites is 2. The molecule has 0 fully saturated rings. The van der Waals surface area contributed by atoms with Crippen molar-refractivity contribution in [1.29, 1.82) is 0 Å². The Kier molecular flexibility index (Phi) is 6.14. The van der Waals surface area contributed by atoms with Crippen molar-refractivity contribution in [2.75, 3.05) is 17.7 Å². The number of rotatable bonds is 6. The molecule has 0 bridgehead atoms. The molecule has 2 aromatic rings. The molecule has 24 heavy (non-hydrogen) atoms. The molecule has 1 aromatic carbocycles. The van der Waals surface area contributed by atoms with Crippen molar-refractivity contribution >= 4 is 34.1 Å². The first-order chi connectivity index (χ1) is 11.5. The van der Waals surface area contributed by atoms with E-state index in [1.807, 2.05) is 19.9 Å². The second kappa shape index (κ2) is 8.30. The molecule has 0 radical (unpaired) electrons. The first-order valence-electron chi connectivity index (χ1n) is 7.42. The fraction of sp³-hybridized carbons (Fsp3) is 0.312. The van der Waals surface area contributed by atoms with Crippen molar-refractivity contribution in [3.05, 3.63) is 35.3 Å². The lowest BCUT2D eigenvalue weighted by atomic mass is 10.3. The molecule has 0 spiro atoms. The van der Waals surface area contributed by atoms with E-state index in [0.717, 1.165) is 0 Å². The van der Waals surface area contributed by atoms with Crippen LogP contribution in [0, 0.1) is 0 Å². The Morgan fingerprint density at radius 3 is 2.71 bits per heavy atom. The van der Waals surface area contributed by atoms with Crippen molar-refractivity contribution in [1.82, 2.24) is 10.3 Å². The highest BCUT2D eigenvalue weighted by molar-refractivity contribution is 7.14. The summed E-state index contributed by atoms with van der Waals surface area (Å²) in [7, 11) is 1.54. The van der Waals surface area contributed by atoms with E-state index < -0.39 is 6.03 Å². The molecule has 1 heterocycles. The van der Waals surface area contributed by atoms with Crippen LogP contribution in [0.5, 0.6) is 5.75 Å². The summed E-state index contributed by atoms with van der Waals surface area (Å²) in [4.78, 5) is 28.0. The van der Waals surface area contributed by atoms with Gasteiger partial charge in [0.2, 0.25) is 5.91 Å². The molecule has 0 atom stereocenters. The molecular formula is C16H20N4O3S. The molecule has 128 valence electrons. The van der Waals surface area contributed by atoms with E-state index >= 15 is 0 Å². The zero-order valence-corrected chi connectivity index (χ0v) is 14.6. The molecule has 8 heteroatoms. The van der Waals surface area contributed by atoms with E-state index in [4.69, 9.17) is 4.74 Å². The van der Waals surface area contributed by atoms with Crippen LogP contribution in [0.2, 0.25) is 0 Å². The number of hydrogen-bond acceptors (Lipinski definition) is 5. The van der Waals surface area contributed by atoms with E-state index in [1.54, 1.807) is 23.6 Å². The molecular weight excluding hydrogens is 328 g/mol. The number of urea groups is 1. The number of amides is 3. The Balaban J connectivity index is 1.92. The Labute approximate surface area is 144 Å². The van der Waals surface area contributed by atoms with Crippen molar-refractivity contribution < 1.29 is 14.3 Å².